The molecule has 0 unspecified atom stereocenters. The molecule has 204 valence electrons. The van der Waals surface area contributed by atoms with E-state index >= 15 is 0 Å². The topological polar surface area (TPSA) is 108 Å². The number of halogens is 6. The summed E-state index contributed by atoms with van der Waals surface area (Å²) in [7, 11) is 1.23. The normalized spacial score (nSPS) is 11.8. The number of nitrogens with zero attached hydrogens (tertiary/aromatic N) is 1. The Morgan fingerprint density at radius 1 is 0.795 bits per heavy atom. The summed E-state index contributed by atoms with van der Waals surface area (Å²) in [6, 6.07) is 11.5. The van der Waals surface area contributed by atoms with E-state index in [4.69, 9.17) is 0 Å². The molecule has 1 heterocycles. The van der Waals surface area contributed by atoms with E-state index in [1.807, 2.05) is 11.4 Å². The second kappa shape index (κ2) is 10.8. The highest BCUT2D eigenvalue weighted by molar-refractivity contribution is 7.99. The number of nitrogens with one attached hydrogen (secondary N) is 4. The molecule has 0 atom stereocenters. The molecule has 4 rings (SSSR count). The molecular formula is C24H17F6N5O3S. The van der Waals surface area contributed by atoms with E-state index in [1.54, 1.807) is 24.3 Å². The Morgan fingerprint density at radius 3 is 1.97 bits per heavy atom. The summed E-state index contributed by atoms with van der Waals surface area (Å²) in [6.45, 7) is 0. The number of carbonyl (C=O) groups excluding carboxylic acids is 2. The lowest BCUT2D eigenvalue weighted by Gasteiger charge is -2.15. The highest BCUT2D eigenvalue weighted by atomic mass is 32.2. The number of aromatic amines is 1. The molecule has 0 spiro atoms. The largest absolute Gasteiger partial charge is 0.453 e. The van der Waals surface area contributed by atoms with Crippen LogP contribution in [0, 0.1) is 0 Å². The van der Waals surface area contributed by atoms with Crippen LogP contribution >= 0.6 is 11.8 Å². The van der Waals surface area contributed by atoms with Crippen LogP contribution in [-0.2, 0) is 17.1 Å². The van der Waals surface area contributed by atoms with E-state index in [0.717, 1.165) is 9.79 Å². The first-order valence-corrected chi connectivity index (χ1v) is 11.6. The fourth-order valence-corrected chi connectivity index (χ4v) is 4.17. The summed E-state index contributed by atoms with van der Waals surface area (Å²) in [5, 5.41) is 6.80. The molecule has 0 bridgehead atoms. The van der Waals surface area contributed by atoms with Crippen molar-refractivity contribution in [1.82, 2.24) is 9.97 Å². The Labute approximate surface area is 220 Å². The van der Waals surface area contributed by atoms with Crippen LogP contribution in [0.3, 0.4) is 0 Å². The van der Waals surface area contributed by atoms with E-state index in [2.05, 4.69) is 25.3 Å². The van der Waals surface area contributed by atoms with Gasteiger partial charge in [0, 0.05) is 21.2 Å². The highest BCUT2D eigenvalue weighted by Crippen LogP contribution is 2.37. The third-order valence-corrected chi connectivity index (χ3v) is 6.05. The summed E-state index contributed by atoms with van der Waals surface area (Å²) in [6.07, 6.45) is -10.7. The second-order valence-corrected chi connectivity index (χ2v) is 9.03. The van der Waals surface area contributed by atoms with Crippen LogP contribution < -0.4 is 16.0 Å². The Bertz CT molecular complexity index is 1490. The molecule has 15 heteroatoms. The minimum Gasteiger partial charge on any atom is -0.453 e. The van der Waals surface area contributed by atoms with Gasteiger partial charge in [0.2, 0.25) is 5.95 Å². The quantitative estimate of drug-likeness (QED) is 0.185. The van der Waals surface area contributed by atoms with Crippen molar-refractivity contribution in [3.05, 3.63) is 71.8 Å². The first kappa shape index (κ1) is 27.6. The molecule has 0 saturated carbocycles. The summed E-state index contributed by atoms with van der Waals surface area (Å²) in [4.78, 5) is 32.4. The number of hydrogen-bond acceptors (Lipinski definition) is 5. The number of rotatable bonds is 5. The van der Waals surface area contributed by atoms with Gasteiger partial charge in [0.25, 0.3) is 0 Å². The standard InChI is InChI=1S/C24H17F6N5O3S/c1-38-22(37)35-20-33-18-7-6-17(11-19(18)34-20)39-16-4-2-14(3-5-16)31-21(36)32-15-9-12(23(25,26)27)8-13(10-15)24(28,29)30/h2-11H,1H3,(H2,31,32,36)(H2,33,34,35,37). The van der Waals surface area contributed by atoms with Gasteiger partial charge in [0.05, 0.1) is 29.3 Å². The molecule has 3 aromatic carbocycles. The fourth-order valence-electron chi connectivity index (χ4n) is 3.32. The Hall–Kier alpha value is -4.40. The summed E-state index contributed by atoms with van der Waals surface area (Å²) in [5.74, 6) is 0.215. The van der Waals surface area contributed by atoms with Crippen molar-refractivity contribution in [2.24, 2.45) is 0 Å². The molecule has 8 nitrogen and oxygen atoms in total. The molecule has 4 aromatic rings. The van der Waals surface area contributed by atoms with Crippen molar-refractivity contribution in [3.8, 4) is 0 Å². The summed E-state index contributed by atoms with van der Waals surface area (Å²) in [5.41, 5.74) is -2.23. The maximum atomic E-state index is 13.0. The first-order valence-electron chi connectivity index (χ1n) is 10.8. The number of H-pyrrole nitrogens is 1. The lowest BCUT2D eigenvalue weighted by molar-refractivity contribution is -0.143. The molecule has 3 amide bonds. The van der Waals surface area contributed by atoms with Crippen molar-refractivity contribution in [2.75, 3.05) is 23.1 Å². The van der Waals surface area contributed by atoms with Crippen LogP contribution in [0.1, 0.15) is 11.1 Å². The Morgan fingerprint density at radius 2 is 1.38 bits per heavy atom. The number of ether oxygens (including phenoxy) is 1. The van der Waals surface area contributed by atoms with E-state index in [9.17, 15) is 35.9 Å². The van der Waals surface area contributed by atoms with Gasteiger partial charge in [0.1, 0.15) is 0 Å². The molecule has 0 aliphatic rings. The molecule has 1 aromatic heterocycles. The van der Waals surface area contributed by atoms with Crippen molar-refractivity contribution in [1.29, 1.82) is 0 Å². The zero-order chi connectivity index (χ0) is 28.4. The van der Waals surface area contributed by atoms with Gasteiger partial charge in [-0.2, -0.15) is 26.3 Å². The van der Waals surface area contributed by atoms with Gasteiger partial charge in [-0.3, -0.25) is 5.32 Å². The number of hydrogen-bond donors (Lipinski definition) is 4. The van der Waals surface area contributed by atoms with Crippen molar-refractivity contribution >= 4 is 52.2 Å². The summed E-state index contributed by atoms with van der Waals surface area (Å²) < 4.78 is 82.7. The average molecular weight is 569 g/mol. The van der Waals surface area contributed by atoms with Crippen LogP contribution in [0.25, 0.3) is 11.0 Å². The molecule has 0 saturated heterocycles. The predicted molar refractivity (Wildman–Crippen MR) is 132 cm³/mol. The number of methoxy groups -OCH3 is 1. The number of alkyl halides is 6. The Balaban J connectivity index is 1.41. The highest BCUT2D eigenvalue weighted by Gasteiger charge is 2.37. The number of anilines is 3. The van der Waals surface area contributed by atoms with Crippen molar-refractivity contribution < 1.29 is 40.7 Å². The molecule has 39 heavy (non-hydrogen) atoms. The Kier molecular flexibility index (Phi) is 7.63. The molecule has 0 fully saturated rings. The lowest BCUT2D eigenvalue weighted by atomic mass is 10.1. The van der Waals surface area contributed by atoms with E-state index in [0.29, 0.717) is 23.2 Å². The van der Waals surface area contributed by atoms with Crippen LogP contribution in [0.2, 0.25) is 0 Å². The van der Waals surface area contributed by atoms with E-state index in [1.165, 1.54) is 31.0 Å². The first-order chi connectivity index (χ1) is 18.3. The van der Waals surface area contributed by atoms with Crippen LogP contribution in [-0.4, -0.2) is 29.2 Å². The zero-order valence-electron chi connectivity index (χ0n) is 19.6. The van der Waals surface area contributed by atoms with E-state index < -0.39 is 41.3 Å². The number of amides is 3. The third-order valence-electron chi connectivity index (χ3n) is 5.05. The predicted octanol–water partition coefficient (Wildman–Crippen LogP) is 7.57. The van der Waals surface area contributed by atoms with Gasteiger partial charge < -0.3 is 20.4 Å². The SMILES string of the molecule is COC(=O)Nc1nc2cc(Sc3ccc(NC(=O)Nc4cc(C(F)(F)F)cc(C(F)(F)F)c4)cc3)ccc2[nH]1. The maximum absolute atomic E-state index is 13.0. The molecule has 0 radical (unpaired) electrons. The number of aromatic nitrogens is 2. The monoisotopic (exact) mass is 569 g/mol. The van der Waals surface area contributed by atoms with Crippen LogP contribution in [0.5, 0.6) is 0 Å². The number of imidazole rings is 1. The van der Waals surface area contributed by atoms with Gasteiger partial charge in [0.15, 0.2) is 0 Å². The third kappa shape index (κ3) is 7.13. The average Bonchev–Trinajstić information content (AvgIpc) is 3.25. The molecule has 4 N–H and O–H groups in total. The van der Waals surface area contributed by atoms with Gasteiger partial charge in [-0.25, -0.2) is 14.6 Å². The van der Waals surface area contributed by atoms with Crippen LogP contribution in [0.15, 0.2) is 70.5 Å². The number of carbonyl (C=O) groups is 2. The van der Waals surface area contributed by atoms with Crippen LogP contribution in [0.4, 0.5) is 53.3 Å². The van der Waals surface area contributed by atoms with Crippen molar-refractivity contribution in [3.63, 3.8) is 0 Å². The number of urea groups is 1. The van der Waals surface area contributed by atoms with Crippen molar-refractivity contribution in [2.45, 2.75) is 22.1 Å². The molecule has 0 aliphatic carbocycles. The number of benzene rings is 3. The van der Waals surface area contributed by atoms with Gasteiger partial charge in [-0.15, -0.1) is 0 Å². The minimum atomic E-state index is -5.04. The maximum Gasteiger partial charge on any atom is 0.416 e. The number of fused-ring (bicyclic) bond motifs is 1. The van der Waals surface area contributed by atoms with Gasteiger partial charge in [-0.05, 0) is 60.7 Å². The fraction of sp³-hybridized carbons (Fsp3) is 0.125. The second-order valence-electron chi connectivity index (χ2n) is 7.88. The van der Waals surface area contributed by atoms with E-state index in [-0.39, 0.29) is 17.7 Å². The molecule has 0 aliphatic heterocycles. The van der Waals surface area contributed by atoms with Gasteiger partial charge >= 0.3 is 24.5 Å². The minimum absolute atomic E-state index is 0.0263. The zero-order valence-corrected chi connectivity index (χ0v) is 20.4. The van der Waals surface area contributed by atoms with Gasteiger partial charge in [-0.1, -0.05) is 11.8 Å². The lowest BCUT2D eigenvalue weighted by Crippen LogP contribution is -2.20. The smallest absolute Gasteiger partial charge is 0.416 e. The molecular weight excluding hydrogens is 552 g/mol. The summed E-state index contributed by atoms with van der Waals surface area (Å²) >= 11 is 1.36.